The number of halogens is 1. The fourth-order valence-corrected chi connectivity index (χ4v) is 3.74. The number of hydrogen-bond donors (Lipinski definition) is 2. The molecule has 0 saturated carbocycles. The molecule has 1 atom stereocenters. The molecule has 1 aromatic heterocycles. The van der Waals surface area contributed by atoms with Gasteiger partial charge in [0.05, 0.1) is 16.5 Å². The van der Waals surface area contributed by atoms with Crippen LogP contribution in [0.25, 0.3) is 11.1 Å². The van der Waals surface area contributed by atoms with Crippen molar-refractivity contribution in [2.75, 3.05) is 13.7 Å². The molecule has 7 nitrogen and oxygen atoms in total. The van der Waals surface area contributed by atoms with Crippen LogP contribution in [0, 0.1) is 0 Å². The normalized spacial score (nSPS) is 13.2. The highest BCUT2D eigenvalue weighted by molar-refractivity contribution is 7.89. The molecule has 3 rings (SSSR count). The molecule has 0 aliphatic heterocycles. The van der Waals surface area contributed by atoms with Crippen molar-refractivity contribution in [3.63, 3.8) is 0 Å². The van der Waals surface area contributed by atoms with Gasteiger partial charge in [-0.05, 0) is 24.3 Å². The molecule has 2 aromatic carbocycles. The molecule has 0 saturated heterocycles. The van der Waals surface area contributed by atoms with E-state index in [1.54, 1.807) is 24.3 Å². The van der Waals surface area contributed by atoms with E-state index in [2.05, 4.69) is 9.71 Å². The molecule has 2 N–H and O–H groups in total. The molecule has 1 heterocycles. The molecule has 1 unspecified atom stereocenters. The van der Waals surface area contributed by atoms with Gasteiger partial charge in [0.2, 0.25) is 10.0 Å². The summed E-state index contributed by atoms with van der Waals surface area (Å²) in [6, 6.07) is 11.2. The molecule has 9 heteroatoms. The maximum atomic E-state index is 12.5. The number of H-pyrrole nitrogens is 1. The SMILES string of the molecule is COC(CNS(=O)(=O)c1ccc2oc(=O)[nH]c2c1)c1ccccc1Cl. The third-order valence-electron chi connectivity index (χ3n) is 3.70. The second-order valence-electron chi connectivity index (χ2n) is 5.27. The predicted octanol–water partition coefficient (Wildman–Crippen LogP) is 2.44. The van der Waals surface area contributed by atoms with Crippen molar-refractivity contribution in [3.05, 3.63) is 63.6 Å². The minimum absolute atomic E-state index is 0.00249. The van der Waals surface area contributed by atoms with Crippen LogP contribution in [0.2, 0.25) is 5.02 Å². The fourth-order valence-electron chi connectivity index (χ4n) is 2.42. The van der Waals surface area contributed by atoms with E-state index >= 15 is 0 Å². The highest BCUT2D eigenvalue weighted by Gasteiger charge is 2.20. The molecule has 0 aliphatic rings. The molecule has 3 aromatic rings. The van der Waals surface area contributed by atoms with Gasteiger partial charge in [0.1, 0.15) is 0 Å². The number of nitrogens with one attached hydrogen (secondary N) is 2. The van der Waals surface area contributed by atoms with E-state index in [4.69, 9.17) is 20.8 Å². The summed E-state index contributed by atoms with van der Waals surface area (Å²) in [5.74, 6) is -0.643. The van der Waals surface area contributed by atoms with Gasteiger partial charge in [0.25, 0.3) is 0 Å². The molecule has 0 aliphatic carbocycles. The summed E-state index contributed by atoms with van der Waals surface area (Å²) in [6.45, 7) is 0.00249. The number of methoxy groups -OCH3 is 1. The van der Waals surface area contributed by atoms with E-state index in [-0.39, 0.29) is 17.0 Å². The Morgan fingerprint density at radius 2 is 2.04 bits per heavy atom. The minimum Gasteiger partial charge on any atom is -0.408 e. The molecule has 0 radical (unpaired) electrons. The number of benzene rings is 2. The fraction of sp³-hybridized carbons (Fsp3) is 0.188. The van der Waals surface area contributed by atoms with Crippen molar-refractivity contribution in [1.29, 1.82) is 0 Å². The number of aromatic amines is 1. The standard InChI is InChI=1S/C16H15ClN2O5S/c1-23-15(11-4-2-3-5-12(11)17)9-18-25(21,22)10-6-7-14-13(8-10)19-16(20)24-14/h2-8,15,18H,9H2,1H3,(H,19,20). The van der Waals surface area contributed by atoms with Crippen LogP contribution in [0.5, 0.6) is 0 Å². The molecular weight excluding hydrogens is 368 g/mol. The van der Waals surface area contributed by atoms with Crippen molar-refractivity contribution in [2.24, 2.45) is 0 Å². The zero-order valence-electron chi connectivity index (χ0n) is 13.2. The van der Waals surface area contributed by atoms with Crippen LogP contribution >= 0.6 is 11.6 Å². The zero-order valence-corrected chi connectivity index (χ0v) is 14.7. The van der Waals surface area contributed by atoms with E-state index in [9.17, 15) is 13.2 Å². The van der Waals surface area contributed by atoms with Gasteiger partial charge in [0, 0.05) is 24.2 Å². The van der Waals surface area contributed by atoms with Crippen LogP contribution in [0.4, 0.5) is 0 Å². The van der Waals surface area contributed by atoms with Crippen molar-refractivity contribution in [2.45, 2.75) is 11.0 Å². The zero-order chi connectivity index (χ0) is 18.0. The number of aromatic nitrogens is 1. The van der Waals surface area contributed by atoms with Gasteiger partial charge >= 0.3 is 5.76 Å². The second kappa shape index (κ2) is 7.01. The first-order valence-electron chi connectivity index (χ1n) is 7.30. The monoisotopic (exact) mass is 382 g/mol. The topological polar surface area (TPSA) is 101 Å². The predicted molar refractivity (Wildman–Crippen MR) is 93.2 cm³/mol. The Kier molecular flexibility index (Phi) is 4.96. The molecule has 25 heavy (non-hydrogen) atoms. The highest BCUT2D eigenvalue weighted by Crippen LogP contribution is 2.25. The van der Waals surface area contributed by atoms with Gasteiger partial charge in [-0.25, -0.2) is 17.9 Å². The lowest BCUT2D eigenvalue weighted by Crippen LogP contribution is -2.29. The van der Waals surface area contributed by atoms with E-state index in [1.807, 2.05) is 0 Å². The molecule has 0 bridgehead atoms. The van der Waals surface area contributed by atoms with Crippen LogP contribution < -0.4 is 10.5 Å². The Morgan fingerprint density at radius 1 is 1.28 bits per heavy atom. The molecular formula is C16H15ClN2O5S. The van der Waals surface area contributed by atoms with E-state index in [0.29, 0.717) is 16.1 Å². The lowest BCUT2D eigenvalue weighted by molar-refractivity contribution is 0.107. The van der Waals surface area contributed by atoms with E-state index < -0.39 is 21.9 Å². The van der Waals surface area contributed by atoms with Crippen LogP contribution in [0.3, 0.4) is 0 Å². The summed E-state index contributed by atoms with van der Waals surface area (Å²) in [7, 11) is -2.33. The smallest absolute Gasteiger partial charge is 0.408 e. The van der Waals surface area contributed by atoms with Crippen LogP contribution in [-0.2, 0) is 14.8 Å². The summed E-state index contributed by atoms with van der Waals surface area (Å²) < 4.78 is 37.7. The van der Waals surface area contributed by atoms with Gasteiger partial charge in [0.15, 0.2) is 5.58 Å². The van der Waals surface area contributed by atoms with Crippen LogP contribution in [0.1, 0.15) is 11.7 Å². The van der Waals surface area contributed by atoms with Crippen molar-refractivity contribution >= 4 is 32.7 Å². The number of hydrogen-bond acceptors (Lipinski definition) is 5. The van der Waals surface area contributed by atoms with Crippen molar-refractivity contribution in [1.82, 2.24) is 9.71 Å². The number of oxazole rings is 1. The minimum atomic E-state index is -3.81. The third-order valence-corrected chi connectivity index (χ3v) is 5.46. The van der Waals surface area contributed by atoms with Gasteiger partial charge in [-0.2, -0.15) is 0 Å². The maximum absolute atomic E-state index is 12.5. The second-order valence-corrected chi connectivity index (χ2v) is 7.44. The Morgan fingerprint density at radius 3 is 2.76 bits per heavy atom. The first-order valence-corrected chi connectivity index (χ1v) is 9.16. The summed E-state index contributed by atoms with van der Waals surface area (Å²) in [4.78, 5) is 13.6. The Hall–Kier alpha value is -2.13. The summed E-state index contributed by atoms with van der Waals surface area (Å²) in [5, 5.41) is 0.492. The van der Waals surface area contributed by atoms with Gasteiger partial charge in [-0.1, -0.05) is 29.8 Å². The number of sulfonamides is 1. The molecule has 0 fully saturated rings. The van der Waals surface area contributed by atoms with Crippen LogP contribution in [0.15, 0.2) is 56.6 Å². The highest BCUT2D eigenvalue weighted by atomic mass is 35.5. The van der Waals surface area contributed by atoms with E-state index in [0.717, 1.165) is 0 Å². The van der Waals surface area contributed by atoms with Crippen molar-refractivity contribution < 1.29 is 17.6 Å². The average Bonchev–Trinajstić information content (AvgIpc) is 2.96. The number of fused-ring (bicyclic) bond motifs is 1. The quantitative estimate of drug-likeness (QED) is 0.681. The first kappa shape index (κ1) is 17.7. The Balaban J connectivity index is 1.82. The number of ether oxygens (including phenoxy) is 1. The van der Waals surface area contributed by atoms with Crippen LogP contribution in [-0.4, -0.2) is 27.1 Å². The molecule has 0 spiro atoms. The summed E-state index contributed by atoms with van der Waals surface area (Å²) in [5.41, 5.74) is 1.28. The van der Waals surface area contributed by atoms with Gasteiger partial charge < -0.3 is 9.15 Å². The summed E-state index contributed by atoms with van der Waals surface area (Å²) in [6.07, 6.45) is -0.541. The summed E-state index contributed by atoms with van der Waals surface area (Å²) >= 11 is 6.13. The molecule has 0 amide bonds. The largest absolute Gasteiger partial charge is 0.417 e. The van der Waals surface area contributed by atoms with Gasteiger partial charge in [-0.3, -0.25) is 4.98 Å². The lowest BCUT2D eigenvalue weighted by Gasteiger charge is -2.17. The maximum Gasteiger partial charge on any atom is 0.417 e. The first-order chi connectivity index (χ1) is 11.9. The third kappa shape index (κ3) is 3.77. The lowest BCUT2D eigenvalue weighted by atomic mass is 10.1. The number of rotatable bonds is 6. The van der Waals surface area contributed by atoms with Gasteiger partial charge in [-0.15, -0.1) is 0 Å². The van der Waals surface area contributed by atoms with Crippen molar-refractivity contribution in [3.8, 4) is 0 Å². The van der Waals surface area contributed by atoms with E-state index in [1.165, 1.54) is 25.3 Å². The average molecular weight is 383 g/mol. The Bertz CT molecular complexity index is 1060. The molecule has 132 valence electrons. The Labute approximate surface area is 148 Å².